The lowest BCUT2D eigenvalue weighted by atomic mass is 9.44. The zero-order chi connectivity index (χ0) is 11.0. The van der Waals surface area contributed by atoms with Crippen molar-refractivity contribution in [3.63, 3.8) is 0 Å². The quantitative estimate of drug-likeness (QED) is 0.601. The molecule has 1 rings (SSSR count). The van der Waals surface area contributed by atoms with Gasteiger partial charge < -0.3 is 0 Å². The van der Waals surface area contributed by atoms with Crippen molar-refractivity contribution in [2.45, 2.75) is 67.2 Å². The van der Waals surface area contributed by atoms with Crippen LogP contribution < -0.4 is 0 Å². The topological polar surface area (TPSA) is 0 Å². The Morgan fingerprint density at radius 1 is 1.29 bits per heavy atom. The van der Waals surface area contributed by atoms with E-state index >= 15 is 0 Å². The van der Waals surface area contributed by atoms with Gasteiger partial charge in [-0.15, -0.1) is 0 Å². The molecule has 84 valence electrons. The molecule has 0 heterocycles. The minimum atomic E-state index is 0.527. The van der Waals surface area contributed by atoms with E-state index < -0.39 is 0 Å². The highest BCUT2D eigenvalue weighted by Crippen LogP contribution is 2.62. The average Bonchev–Trinajstić information content (AvgIpc) is 2.14. The third-order valence-corrected chi connectivity index (χ3v) is 5.28. The second-order valence-corrected chi connectivity index (χ2v) is 6.23. The van der Waals surface area contributed by atoms with Crippen LogP contribution in [0.2, 0.25) is 0 Å². The molecule has 1 saturated carbocycles. The van der Waals surface area contributed by atoms with Crippen LogP contribution in [0.3, 0.4) is 0 Å². The van der Waals surface area contributed by atoms with Gasteiger partial charge in [0, 0.05) is 0 Å². The molecule has 1 fully saturated rings. The van der Waals surface area contributed by atoms with Crippen LogP contribution in [-0.4, -0.2) is 0 Å². The molecule has 0 heteroatoms. The molecule has 0 aromatic heterocycles. The second kappa shape index (κ2) is 3.87. The molecule has 0 aromatic carbocycles. The molecule has 3 unspecified atom stereocenters. The predicted octanol–water partition coefficient (Wildman–Crippen LogP) is 4.89. The molecule has 0 radical (unpaired) electrons. The van der Waals surface area contributed by atoms with Crippen molar-refractivity contribution in [1.29, 1.82) is 0 Å². The van der Waals surface area contributed by atoms with Gasteiger partial charge in [-0.25, -0.2) is 0 Å². The van der Waals surface area contributed by atoms with Gasteiger partial charge in [0.05, 0.1) is 0 Å². The Hall–Kier alpha value is 0. The van der Waals surface area contributed by atoms with Crippen LogP contribution in [-0.2, 0) is 0 Å². The maximum absolute atomic E-state index is 2.52. The Kier molecular flexibility index (Phi) is 3.33. The van der Waals surface area contributed by atoms with Gasteiger partial charge >= 0.3 is 0 Å². The molecule has 0 bridgehead atoms. The molecule has 0 N–H and O–H groups in total. The molecule has 0 spiro atoms. The van der Waals surface area contributed by atoms with Gasteiger partial charge in [-0.1, -0.05) is 54.4 Å². The van der Waals surface area contributed by atoms with Crippen molar-refractivity contribution < 1.29 is 0 Å². The molecule has 0 aromatic rings. The third kappa shape index (κ3) is 1.61. The molecule has 0 aliphatic heterocycles. The minimum Gasteiger partial charge on any atom is -0.0654 e. The summed E-state index contributed by atoms with van der Waals surface area (Å²) in [6.45, 7) is 14.6. The van der Waals surface area contributed by atoms with E-state index in [1.54, 1.807) is 0 Å². The van der Waals surface area contributed by atoms with Crippen LogP contribution in [0.4, 0.5) is 0 Å². The fraction of sp³-hybridized carbons (Fsp3) is 1.00. The zero-order valence-corrected chi connectivity index (χ0v) is 11.0. The number of hydrogen-bond acceptors (Lipinski definition) is 0. The Morgan fingerprint density at radius 3 is 2.21 bits per heavy atom. The fourth-order valence-electron chi connectivity index (χ4n) is 3.53. The molecule has 0 amide bonds. The normalized spacial score (nSPS) is 38.1. The molecule has 0 saturated heterocycles. The first-order valence-corrected chi connectivity index (χ1v) is 6.39. The van der Waals surface area contributed by atoms with Crippen LogP contribution in [0.15, 0.2) is 0 Å². The summed E-state index contributed by atoms with van der Waals surface area (Å²) < 4.78 is 0. The highest BCUT2D eigenvalue weighted by Gasteiger charge is 2.54. The van der Waals surface area contributed by atoms with E-state index in [0.29, 0.717) is 10.8 Å². The molecule has 0 nitrogen and oxygen atoms in total. The van der Waals surface area contributed by atoms with Gasteiger partial charge in [0.2, 0.25) is 0 Å². The smallest absolute Gasteiger partial charge is 0.0241 e. The number of rotatable bonds is 4. The first kappa shape index (κ1) is 12.1. The standard InChI is InChI=1S/C14H28/c1-7-9-12-11(3)10-14(12,6)13(4,5)8-2/h11-12H,7-10H2,1-6H3. The molecule has 1 aliphatic rings. The zero-order valence-electron chi connectivity index (χ0n) is 11.0. The molecule has 1 aliphatic carbocycles. The van der Waals surface area contributed by atoms with Gasteiger partial charge in [0.1, 0.15) is 0 Å². The summed E-state index contributed by atoms with van der Waals surface area (Å²) in [7, 11) is 0. The minimum absolute atomic E-state index is 0.527. The summed E-state index contributed by atoms with van der Waals surface area (Å²) in [6, 6.07) is 0. The Labute approximate surface area is 90.5 Å². The van der Waals surface area contributed by atoms with E-state index in [0.717, 1.165) is 11.8 Å². The lowest BCUT2D eigenvalue weighted by molar-refractivity contribution is -0.116. The van der Waals surface area contributed by atoms with Gasteiger partial charge in [-0.2, -0.15) is 0 Å². The Morgan fingerprint density at radius 2 is 1.86 bits per heavy atom. The first-order chi connectivity index (χ1) is 6.39. The molecular weight excluding hydrogens is 168 g/mol. The fourth-order valence-corrected chi connectivity index (χ4v) is 3.53. The summed E-state index contributed by atoms with van der Waals surface area (Å²) in [6.07, 6.45) is 5.54. The highest BCUT2D eigenvalue weighted by atomic mass is 14.6. The highest BCUT2D eigenvalue weighted by molar-refractivity contribution is 5.03. The van der Waals surface area contributed by atoms with Crippen LogP contribution in [0, 0.1) is 22.7 Å². The predicted molar refractivity (Wildman–Crippen MR) is 64.4 cm³/mol. The summed E-state index contributed by atoms with van der Waals surface area (Å²) in [5, 5.41) is 0. The van der Waals surface area contributed by atoms with Crippen molar-refractivity contribution in [1.82, 2.24) is 0 Å². The van der Waals surface area contributed by atoms with E-state index in [2.05, 4.69) is 41.5 Å². The Balaban J connectivity index is 2.75. The van der Waals surface area contributed by atoms with Crippen molar-refractivity contribution in [3.05, 3.63) is 0 Å². The maximum atomic E-state index is 2.52. The van der Waals surface area contributed by atoms with Crippen molar-refractivity contribution in [2.75, 3.05) is 0 Å². The lowest BCUT2D eigenvalue weighted by Gasteiger charge is -2.61. The van der Waals surface area contributed by atoms with Gasteiger partial charge in [-0.05, 0) is 35.5 Å². The summed E-state index contributed by atoms with van der Waals surface area (Å²) in [4.78, 5) is 0. The monoisotopic (exact) mass is 196 g/mol. The van der Waals surface area contributed by atoms with E-state index in [9.17, 15) is 0 Å². The van der Waals surface area contributed by atoms with Crippen LogP contribution in [0.5, 0.6) is 0 Å². The Bertz CT molecular complexity index is 192. The van der Waals surface area contributed by atoms with Crippen LogP contribution in [0.25, 0.3) is 0 Å². The van der Waals surface area contributed by atoms with Crippen LogP contribution >= 0.6 is 0 Å². The lowest BCUT2D eigenvalue weighted by Crippen LogP contribution is -2.53. The molecule has 3 atom stereocenters. The van der Waals surface area contributed by atoms with E-state index in [1.165, 1.54) is 25.7 Å². The van der Waals surface area contributed by atoms with Crippen molar-refractivity contribution in [2.24, 2.45) is 22.7 Å². The van der Waals surface area contributed by atoms with Gasteiger partial charge in [0.25, 0.3) is 0 Å². The molecule has 14 heavy (non-hydrogen) atoms. The van der Waals surface area contributed by atoms with Crippen molar-refractivity contribution >= 4 is 0 Å². The second-order valence-electron chi connectivity index (χ2n) is 6.23. The van der Waals surface area contributed by atoms with Gasteiger partial charge in [-0.3, -0.25) is 0 Å². The summed E-state index contributed by atoms with van der Waals surface area (Å²) >= 11 is 0. The van der Waals surface area contributed by atoms with Gasteiger partial charge in [0.15, 0.2) is 0 Å². The number of hydrogen-bond donors (Lipinski definition) is 0. The maximum Gasteiger partial charge on any atom is -0.0241 e. The van der Waals surface area contributed by atoms with Crippen LogP contribution in [0.1, 0.15) is 67.2 Å². The largest absolute Gasteiger partial charge is 0.0654 e. The SMILES string of the molecule is CCCC1C(C)CC1(C)C(C)(C)CC. The summed E-state index contributed by atoms with van der Waals surface area (Å²) in [5.41, 5.74) is 1.14. The first-order valence-electron chi connectivity index (χ1n) is 6.39. The van der Waals surface area contributed by atoms with E-state index in [1.807, 2.05) is 0 Å². The molecular formula is C14H28. The third-order valence-electron chi connectivity index (χ3n) is 5.28. The van der Waals surface area contributed by atoms with E-state index in [4.69, 9.17) is 0 Å². The van der Waals surface area contributed by atoms with E-state index in [-0.39, 0.29) is 0 Å². The average molecular weight is 196 g/mol. The summed E-state index contributed by atoms with van der Waals surface area (Å²) in [5.74, 6) is 1.94. The van der Waals surface area contributed by atoms with Crippen molar-refractivity contribution in [3.8, 4) is 0 Å².